The lowest BCUT2D eigenvalue weighted by Gasteiger charge is -2.09. The van der Waals surface area contributed by atoms with Gasteiger partial charge in [-0.15, -0.1) is 0 Å². The predicted octanol–water partition coefficient (Wildman–Crippen LogP) is 5.61. The normalized spacial score (nSPS) is 10.4. The number of benzene rings is 2. The molecule has 0 heterocycles. The Bertz CT molecular complexity index is 579. The van der Waals surface area contributed by atoms with Crippen LogP contribution >= 0.6 is 46.6 Å². The molecule has 0 N–H and O–H groups in total. The zero-order valence-corrected chi connectivity index (χ0v) is 12.1. The average Bonchev–Trinajstić information content (AvgIpc) is 2.34. The summed E-state index contributed by atoms with van der Waals surface area (Å²) in [5.41, 5.74) is 0.445. The summed E-state index contributed by atoms with van der Waals surface area (Å²) in [5.74, 6) is 0. The summed E-state index contributed by atoms with van der Waals surface area (Å²) in [4.78, 5) is 12.5. The zero-order chi connectivity index (χ0) is 13.1. The van der Waals surface area contributed by atoms with E-state index < -0.39 is 0 Å². The summed E-state index contributed by atoms with van der Waals surface area (Å²) in [6.45, 7) is 0. The van der Waals surface area contributed by atoms with E-state index in [1.807, 2.05) is 0 Å². The van der Waals surface area contributed by atoms with Gasteiger partial charge in [0.2, 0.25) is 0 Å². The molecule has 0 aliphatic heterocycles. The van der Waals surface area contributed by atoms with Gasteiger partial charge in [-0.05, 0) is 24.3 Å². The number of carbonyl (C=O) groups excluding carboxylic acids is 1. The SMILES string of the molecule is O=Cc1c(Cl)cccc1Sc1c(Cl)cccc1Cl. The fraction of sp³-hybridized carbons (Fsp3) is 0. The maximum atomic E-state index is 11.0. The van der Waals surface area contributed by atoms with Crippen molar-refractivity contribution in [3.05, 3.63) is 57.0 Å². The third-order valence-electron chi connectivity index (χ3n) is 2.26. The molecular weight excluding hydrogens is 311 g/mol. The van der Waals surface area contributed by atoms with Crippen LogP contribution in [0.2, 0.25) is 15.1 Å². The van der Waals surface area contributed by atoms with E-state index in [1.54, 1.807) is 36.4 Å². The van der Waals surface area contributed by atoms with Gasteiger partial charge in [-0.1, -0.05) is 58.7 Å². The quantitative estimate of drug-likeness (QED) is 0.684. The first-order valence-corrected chi connectivity index (χ1v) is 6.94. The molecule has 0 aliphatic rings. The summed E-state index contributed by atoms with van der Waals surface area (Å²) >= 11 is 19.5. The van der Waals surface area contributed by atoms with Gasteiger partial charge >= 0.3 is 0 Å². The van der Waals surface area contributed by atoms with E-state index in [0.717, 1.165) is 11.2 Å². The summed E-state index contributed by atoms with van der Waals surface area (Å²) in [6, 6.07) is 10.5. The standard InChI is InChI=1S/C13H7Cl3OS/c14-9-3-2-6-12(8(9)7-17)18-13-10(15)4-1-5-11(13)16/h1-7H. The summed E-state index contributed by atoms with van der Waals surface area (Å²) in [6.07, 6.45) is 0.732. The monoisotopic (exact) mass is 316 g/mol. The van der Waals surface area contributed by atoms with E-state index in [9.17, 15) is 4.79 Å². The van der Waals surface area contributed by atoms with Crippen LogP contribution in [0.3, 0.4) is 0 Å². The molecule has 0 atom stereocenters. The molecule has 0 bridgehead atoms. The van der Waals surface area contributed by atoms with Crippen LogP contribution < -0.4 is 0 Å². The van der Waals surface area contributed by atoms with E-state index >= 15 is 0 Å². The van der Waals surface area contributed by atoms with Crippen LogP contribution in [-0.2, 0) is 0 Å². The van der Waals surface area contributed by atoms with Gasteiger partial charge in [-0.25, -0.2) is 0 Å². The molecule has 2 rings (SSSR count). The number of carbonyl (C=O) groups is 1. The Kier molecular flexibility index (Phi) is 4.57. The van der Waals surface area contributed by atoms with Crippen LogP contribution in [0.5, 0.6) is 0 Å². The first kappa shape index (κ1) is 13.8. The highest BCUT2D eigenvalue weighted by Crippen LogP contribution is 2.40. The van der Waals surface area contributed by atoms with Gasteiger partial charge in [0.15, 0.2) is 6.29 Å². The smallest absolute Gasteiger partial charge is 0.152 e. The maximum absolute atomic E-state index is 11.0. The summed E-state index contributed by atoms with van der Waals surface area (Å²) in [5, 5.41) is 1.51. The van der Waals surface area contributed by atoms with Crippen LogP contribution in [0, 0.1) is 0 Å². The van der Waals surface area contributed by atoms with Crippen molar-refractivity contribution in [3.8, 4) is 0 Å². The third kappa shape index (κ3) is 2.83. The van der Waals surface area contributed by atoms with Crippen molar-refractivity contribution in [2.45, 2.75) is 9.79 Å². The Hall–Kier alpha value is -0.670. The number of rotatable bonds is 3. The molecule has 0 spiro atoms. The van der Waals surface area contributed by atoms with E-state index in [2.05, 4.69) is 0 Å². The Balaban J connectivity index is 2.46. The van der Waals surface area contributed by atoms with Gasteiger partial charge in [-0.2, -0.15) is 0 Å². The number of hydrogen-bond donors (Lipinski definition) is 0. The maximum Gasteiger partial charge on any atom is 0.152 e. The van der Waals surface area contributed by atoms with Crippen molar-refractivity contribution in [3.63, 3.8) is 0 Å². The largest absolute Gasteiger partial charge is 0.298 e. The van der Waals surface area contributed by atoms with Gasteiger partial charge in [-0.3, -0.25) is 4.79 Å². The minimum absolute atomic E-state index is 0.415. The molecule has 0 unspecified atom stereocenters. The molecule has 18 heavy (non-hydrogen) atoms. The van der Waals surface area contributed by atoms with Gasteiger partial charge in [0, 0.05) is 15.4 Å². The molecule has 92 valence electrons. The molecule has 2 aromatic carbocycles. The number of halogens is 3. The molecule has 5 heteroatoms. The summed E-state index contributed by atoms with van der Waals surface area (Å²) in [7, 11) is 0. The van der Waals surface area contributed by atoms with Crippen LogP contribution in [0.1, 0.15) is 10.4 Å². The lowest BCUT2D eigenvalue weighted by Crippen LogP contribution is -1.87. The van der Waals surface area contributed by atoms with Crippen molar-refractivity contribution in [1.82, 2.24) is 0 Å². The fourth-order valence-electron chi connectivity index (χ4n) is 1.41. The lowest BCUT2D eigenvalue weighted by molar-refractivity contribution is 0.112. The summed E-state index contributed by atoms with van der Waals surface area (Å²) < 4.78 is 0. The molecular formula is C13H7Cl3OS. The van der Waals surface area contributed by atoms with Crippen LogP contribution in [0.4, 0.5) is 0 Å². The second-order valence-corrected chi connectivity index (χ2v) is 5.70. The second-order valence-electron chi connectivity index (χ2n) is 3.42. The Morgan fingerprint density at radius 2 is 1.44 bits per heavy atom. The predicted molar refractivity (Wildman–Crippen MR) is 77.4 cm³/mol. The first-order chi connectivity index (χ1) is 8.63. The lowest BCUT2D eigenvalue weighted by atomic mass is 10.2. The van der Waals surface area contributed by atoms with E-state index in [1.165, 1.54) is 11.8 Å². The molecule has 0 saturated carbocycles. The van der Waals surface area contributed by atoms with Crippen molar-refractivity contribution in [2.75, 3.05) is 0 Å². The van der Waals surface area contributed by atoms with Crippen molar-refractivity contribution >= 4 is 52.9 Å². The van der Waals surface area contributed by atoms with Crippen molar-refractivity contribution in [2.24, 2.45) is 0 Å². The number of aldehydes is 1. The third-order valence-corrected chi connectivity index (χ3v) is 4.67. The highest BCUT2D eigenvalue weighted by molar-refractivity contribution is 7.99. The van der Waals surface area contributed by atoms with Crippen LogP contribution in [0.25, 0.3) is 0 Å². The molecule has 0 amide bonds. The van der Waals surface area contributed by atoms with Crippen molar-refractivity contribution < 1.29 is 4.79 Å². The number of hydrogen-bond acceptors (Lipinski definition) is 2. The molecule has 0 aliphatic carbocycles. The average molecular weight is 318 g/mol. The topological polar surface area (TPSA) is 17.1 Å². The second kappa shape index (κ2) is 5.98. The van der Waals surface area contributed by atoms with E-state index in [0.29, 0.717) is 25.5 Å². The highest BCUT2D eigenvalue weighted by atomic mass is 35.5. The molecule has 1 nitrogen and oxygen atoms in total. The van der Waals surface area contributed by atoms with Gasteiger partial charge in [0.05, 0.1) is 15.1 Å². The molecule has 0 aromatic heterocycles. The van der Waals surface area contributed by atoms with Crippen molar-refractivity contribution in [1.29, 1.82) is 0 Å². The van der Waals surface area contributed by atoms with Crippen LogP contribution in [0.15, 0.2) is 46.2 Å². The molecule has 0 saturated heterocycles. The van der Waals surface area contributed by atoms with E-state index in [-0.39, 0.29) is 0 Å². The molecule has 2 aromatic rings. The molecule has 0 radical (unpaired) electrons. The first-order valence-electron chi connectivity index (χ1n) is 4.99. The van der Waals surface area contributed by atoms with Gasteiger partial charge in [0.25, 0.3) is 0 Å². The Morgan fingerprint density at radius 3 is 2.06 bits per heavy atom. The zero-order valence-electron chi connectivity index (χ0n) is 8.99. The Morgan fingerprint density at radius 1 is 0.889 bits per heavy atom. The highest BCUT2D eigenvalue weighted by Gasteiger charge is 2.12. The van der Waals surface area contributed by atoms with Gasteiger partial charge < -0.3 is 0 Å². The minimum atomic E-state index is 0.415. The van der Waals surface area contributed by atoms with Gasteiger partial charge in [0.1, 0.15) is 0 Å². The van der Waals surface area contributed by atoms with Crippen LogP contribution in [-0.4, -0.2) is 6.29 Å². The van der Waals surface area contributed by atoms with E-state index in [4.69, 9.17) is 34.8 Å². The fourth-order valence-corrected chi connectivity index (χ4v) is 3.28. The Labute approximate surface area is 124 Å². The minimum Gasteiger partial charge on any atom is -0.298 e. The molecule has 0 fully saturated rings.